The Labute approximate surface area is 119 Å². The van der Waals surface area contributed by atoms with Crippen molar-refractivity contribution in [2.45, 2.75) is 37.1 Å². The first-order chi connectivity index (χ1) is 8.57. The fraction of sp³-hybridized carbons (Fsp3) is 0.429. The third kappa shape index (κ3) is 2.61. The number of thiophene rings is 1. The molecule has 1 aliphatic carbocycles. The SMILES string of the molecule is Cl.FC(F)(F)[s+]1c(C2CCCC2)cc2ccccc21. The van der Waals surface area contributed by atoms with Crippen LogP contribution in [0.1, 0.15) is 36.5 Å². The summed E-state index contributed by atoms with van der Waals surface area (Å²) in [5, 5.41) is 0.764. The summed E-state index contributed by atoms with van der Waals surface area (Å²) in [6.45, 7) is 0. The molecule has 1 aromatic heterocycles. The predicted molar refractivity (Wildman–Crippen MR) is 76.2 cm³/mol. The lowest BCUT2D eigenvalue weighted by Gasteiger charge is -2.05. The van der Waals surface area contributed by atoms with Crippen LogP contribution in [0.15, 0.2) is 30.3 Å². The molecule has 0 radical (unpaired) electrons. The molecule has 104 valence electrons. The number of benzene rings is 1. The van der Waals surface area contributed by atoms with Crippen molar-refractivity contribution in [1.29, 1.82) is 0 Å². The van der Waals surface area contributed by atoms with Crippen LogP contribution in [0.25, 0.3) is 10.1 Å². The molecule has 0 aliphatic heterocycles. The van der Waals surface area contributed by atoms with E-state index >= 15 is 0 Å². The van der Waals surface area contributed by atoms with Gasteiger partial charge in [-0.05, 0) is 25.0 Å². The van der Waals surface area contributed by atoms with E-state index in [9.17, 15) is 13.2 Å². The predicted octanol–water partition coefficient (Wildman–Crippen LogP) is 6.14. The third-order valence-corrected chi connectivity index (χ3v) is 5.86. The quantitative estimate of drug-likeness (QED) is 0.555. The van der Waals surface area contributed by atoms with Gasteiger partial charge in [0.05, 0.1) is 10.5 Å². The van der Waals surface area contributed by atoms with Crippen LogP contribution in [-0.4, -0.2) is 0 Å². The first-order valence-corrected chi connectivity index (χ1v) is 7.41. The molecule has 0 bridgehead atoms. The minimum atomic E-state index is -4.14. The van der Waals surface area contributed by atoms with Gasteiger partial charge in [-0.15, -0.1) is 25.6 Å². The third-order valence-electron chi connectivity index (χ3n) is 3.66. The molecular weight excluding hydrogens is 293 g/mol. The lowest BCUT2D eigenvalue weighted by molar-refractivity contribution is -0.0868. The second-order valence-electron chi connectivity index (χ2n) is 4.82. The van der Waals surface area contributed by atoms with Crippen LogP contribution < -0.4 is 0 Å². The van der Waals surface area contributed by atoms with Crippen LogP contribution in [0.3, 0.4) is 0 Å². The van der Waals surface area contributed by atoms with E-state index in [1.165, 1.54) is 0 Å². The van der Waals surface area contributed by atoms with Gasteiger partial charge in [0, 0.05) is 17.4 Å². The van der Waals surface area contributed by atoms with Crippen LogP contribution >= 0.6 is 22.9 Å². The van der Waals surface area contributed by atoms with E-state index in [0.29, 0.717) is 9.58 Å². The Morgan fingerprint density at radius 2 is 1.68 bits per heavy atom. The largest absolute Gasteiger partial charge is 0.600 e. The Kier molecular flexibility index (Phi) is 4.11. The molecule has 2 aromatic rings. The molecule has 0 spiro atoms. The highest BCUT2D eigenvalue weighted by molar-refractivity contribution is 7.38. The topological polar surface area (TPSA) is 0 Å². The molecule has 1 fully saturated rings. The van der Waals surface area contributed by atoms with Crippen molar-refractivity contribution in [2.24, 2.45) is 0 Å². The summed E-state index contributed by atoms with van der Waals surface area (Å²) in [6.07, 6.45) is 3.96. The van der Waals surface area contributed by atoms with Gasteiger partial charge in [-0.25, -0.2) is 0 Å². The highest BCUT2D eigenvalue weighted by Gasteiger charge is 2.49. The zero-order valence-corrected chi connectivity index (χ0v) is 11.9. The van der Waals surface area contributed by atoms with Gasteiger partial charge in [0.15, 0.2) is 9.58 Å². The zero-order chi connectivity index (χ0) is 12.8. The Morgan fingerprint density at radius 3 is 2.32 bits per heavy atom. The fourth-order valence-corrected chi connectivity index (χ4v) is 5.04. The van der Waals surface area contributed by atoms with Crippen LogP contribution in [0.5, 0.6) is 0 Å². The van der Waals surface area contributed by atoms with Crippen molar-refractivity contribution < 1.29 is 13.2 Å². The van der Waals surface area contributed by atoms with Crippen LogP contribution in [0.2, 0.25) is 0 Å². The number of hydrogen-bond acceptors (Lipinski definition) is 0. The van der Waals surface area contributed by atoms with Crippen LogP contribution in [0.4, 0.5) is 13.2 Å². The van der Waals surface area contributed by atoms with E-state index in [0.717, 1.165) is 31.1 Å². The summed E-state index contributed by atoms with van der Waals surface area (Å²) in [4.78, 5) is 0.626. The number of hydrogen-bond donors (Lipinski definition) is 0. The van der Waals surface area contributed by atoms with Crippen molar-refractivity contribution in [3.63, 3.8) is 0 Å². The number of halogens is 4. The van der Waals surface area contributed by atoms with E-state index in [4.69, 9.17) is 0 Å². The van der Waals surface area contributed by atoms with E-state index in [1.807, 2.05) is 6.07 Å². The molecule has 5 heteroatoms. The van der Waals surface area contributed by atoms with Crippen molar-refractivity contribution in [2.75, 3.05) is 0 Å². The monoisotopic (exact) mass is 307 g/mol. The van der Waals surface area contributed by atoms with E-state index < -0.39 is 16.0 Å². The van der Waals surface area contributed by atoms with E-state index in [1.54, 1.807) is 24.3 Å². The Morgan fingerprint density at radius 1 is 1.05 bits per heavy atom. The average Bonchev–Trinajstić information content (AvgIpc) is 2.94. The summed E-state index contributed by atoms with van der Waals surface area (Å²) >= 11 is 0. The van der Waals surface area contributed by atoms with Gasteiger partial charge in [-0.3, -0.25) is 0 Å². The molecule has 1 aromatic carbocycles. The highest BCUT2D eigenvalue weighted by Crippen LogP contribution is 2.55. The standard InChI is InChI=1S/C14H14F3S.ClH/c15-14(16,17)18-12-8-4-3-7-11(12)9-13(18)10-5-1-2-6-10;/h3-4,7-10H,1-2,5-6H2;1H/q+1;. The summed E-state index contributed by atoms with van der Waals surface area (Å²) in [5.74, 6) is 0.141. The molecule has 1 unspecified atom stereocenters. The van der Waals surface area contributed by atoms with Gasteiger partial charge in [0.25, 0.3) is 0 Å². The number of alkyl halides is 3. The highest BCUT2D eigenvalue weighted by atomic mass is 35.5. The van der Waals surface area contributed by atoms with Gasteiger partial charge in [-0.2, -0.15) is 0 Å². The molecule has 1 heterocycles. The Bertz CT molecular complexity index is 568. The fourth-order valence-electron chi connectivity index (χ4n) is 2.88. The summed E-state index contributed by atoms with van der Waals surface area (Å²) in [6, 6.07) is 8.73. The smallest absolute Gasteiger partial charge is 0.147 e. The van der Waals surface area contributed by atoms with Crippen molar-refractivity contribution in [1.82, 2.24) is 0 Å². The zero-order valence-electron chi connectivity index (χ0n) is 10.2. The summed E-state index contributed by atoms with van der Waals surface area (Å²) < 4.78 is 40.4. The lowest BCUT2D eigenvalue weighted by atomic mass is 10.1. The molecule has 0 amide bonds. The lowest BCUT2D eigenvalue weighted by Crippen LogP contribution is -2.00. The van der Waals surface area contributed by atoms with Gasteiger partial charge >= 0.3 is 5.51 Å². The molecule has 1 aliphatic rings. The van der Waals surface area contributed by atoms with Crippen molar-refractivity contribution in [3.05, 3.63) is 35.2 Å². The summed E-state index contributed by atoms with van der Waals surface area (Å²) in [5.41, 5.74) is -4.14. The Hall–Kier alpha value is -0.740. The molecule has 0 nitrogen and oxygen atoms in total. The van der Waals surface area contributed by atoms with Gasteiger partial charge in [-0.1, -0.05) is 25.0 Å². The molecule has 3 rings (SSSR count). The van der Waals surface area contributed by atoms with Crippen molar-refractivity contribution >= 4 is 33.0 Å². The maximum atomic E-state index is 13.3. The van der Waals surface area contributed by atoms with Gasteiger partial charge in [0.1, 0.15) is 0 Å². The first-order valence-electron chi connectivity index (χ1n) is 6.19. The maximum Gasteiger partial charge on any atom is 0.600 e. The average molecular weight is 308 g/mol. The first kappa shape index (κ1) is 14.7. The normalized spacial score (nSPS) is 17.7. The number of fused-ring (bicyclic) bond motifs is 1. The molecule has 19 heavy (non-hydrogen) atoms. The molecule has 0 N–H and O–H groups in total. The minimum absolute atomic E-state index is 0. The second kappa shape index (κ2) is 5.33. The van der Waals surface area contributed by atoms with Crippen molar-refractivity contribution in [3.8, 4) is 0 Å². The molecular formula is C14H15ClF3S+. The van der Waals surface area contributed by atoms with Gasteiger partial charge in [0.2, 0.25) is 0 Å². The van der Waals surface area contributed by atoms with Crippen LogP contribution in [-0.2, 0) is 5.51 Å². The van der Waals surface area contributed by atoms with E-state index in [2.05, 4.69) is 0 Å². The summed E-state index contributed by atoms with van der Waals surface area (Å²) in [7, 11) is -1.69. The molecule has 1 atom stereocenters. The molecule has 0 saturated heterocycles. The van der Waals surface area contributed by atoms with Gasteiger partial charge < -0.3 is 0 Å². The Balaban J connectivity index is 0.00000133. The minimum Gasteiger partial charge on any atom is -0.147 e. The maximum absolute atomic E-state index is 13.3. The number of rotatable bonds is 1. The molecule has 1 saturated carbocycles. The second-order valence-corrected chi connectivity index (χ2v) is 6.80. The van der Waals surface area contributed by atoms with E-state index in [-0.39, 0.29) is 18.3 Å². The van der Waals surface area contributed by atoms with Crippen LogP contribution in [0, 0.1) is 0 Å².